The summed E-state index contributed by atoms with van der Waals surface area (Å²) < 4.78 is 12.0. The van der Waals surface area contributed by atoms with Crippen molar-refractivity contribution in [3.05, 3.63) is 60.4 Å². The highest BCUT2D eigenvalue weighted by Crippen LogP contribution is 2.35. The number of nitrogens with zero attached hydrogens (tertiary/aromatic N) is 2. The number of nitrogens with one attached hydrogen (secondary N) is 1. The van der Waals surface area contributed by atoms with E-state index in [1.54, 1.807) is 6.20 Å². The molecule has 2 aromatic rings. The van der Waals surface area contributed by atoms with Gasteiger partial charge in [-0.05, 0) is 36.6 Å². The molecule has 2 fully saturated rings. The predicted octanol–water partition coefficient (Wildman–Crippen LogP) is 2.79. The lowest BCUT2D eigenvalue weighted by Crippen LogP contribution is -2.64. The summed E-state index contributed by atoms with van der Waals surface area (Å²) in [6, 6.07) is 13.7. The van der Waals surface area contributed by atoms with Crippen LogP contribution in [0.1, 0.15) is 31.2 Å². The molecule has 1 amide bonds. The van der Waals surface area contributed by atoms with Crippen LogP contribution in [0.2, 0.25) is 0 Å². The first kappa shape index (κ1) is 19.9. The maximum atomic E-state index is 12.8. The number of carbonyl (C=O) groups is 1. The molecule has 1 saturated heterocycles. The Morgan fingerprint density at radius 2 is 2.14 bits per heavy atom. The number of carbonyl (C=O) groups excluding carboxylic acids is 1. The highest BCUT2D eigenvalue weighted by atomic mass is 16.5. The number of hydrogen-bond donors (Lipinski definition) is 1. The van der Waals surface area contributed by atoms with Gasteiger partial charge in [-0.25, -0.2) is 0 Å². The van der Waals surface area contributed by atoms with Crippen LogP contribution in [0, 0.1) is 0 Å². The van der Waals surface area contributed by atoms with Gasteiger partial charge < -0.3 is 19.7 Å². The fourth-order valence-electron chi connectivity index (χ4n) is 4.38. The highest BCUT2D eigenvalue weighted by Gasteiger charge is 2.45. The van der Waals surface area contributed by atoms with Gasteiger partial charge in [0.1, 0.15) is 11.4 Å². The molecule has 2 atom stereocenters. The summed E-state index contributed by atoms with van der Waals surface area (Å²) in [6.45, 7) is 2.63. The van der Waals surface area contributed by atoms with Gasteiger partial charge in [0.2, 0.25) is 0 Å². The number of benzene rings is 1. The van der Waals surface area contributed by atoms with Gasteiger partial charge in [0.15, 0.2) is 6.61 Å². The van der Waals surface area contributed by atoms with Crippen LogP contribution in [0.25, 0.3) is 0 Å². The first-order chi connectivity index (χ1) is 14.3. The number of amides is 1. The zero-order valence-corrected chi connectivity index (χ0v) is 16.8. The van der Waals surface area contributed by atoms with E-state index >= 15 is 0 Å². The van der Waals surface area contributed by atoms with Crippen molar-refractivity contribution in [1.82, 2.24) is 15.2 Å². The summed E-state index contributed by atoms with van der Waals surface area (Å²) in [5.41, 5.74) is 0.842. The quantitative estimate of drug-likeness (QED) is 0.815. The minimum atomic E-state index is -0.318. The van der Waals surface area contributed by atoms with E-state index in [-0.39, 0.29) is 24.2 Å². The number of para-hydroxylation sites is 1. The first-order valence-corrected chi connectivity index (χ1v) is 10.5. The zero-order valence-electron chi connectivity index (χ0n) is 16.8. The van der Waals surface area contributed by atoms with Gasteiger partial charge in [-0.2, -0.15) is 0 Å². The van der Waals surface area contributed by atoms with Crippen LogP contribution in [-0.4, -0.2) is 53.7 Å². The van der Waals surface area contributed by atoms with E-state index in [0.29, 0.717) is 19.7 Å². The number of pyridine rings is 1. The van der Waals surface area contributed by atoms with Gasteiger partial charge in [-0.3, -0.25) is 9.78 Å². The fourth-order valence-corrected chi connectivity index (χ4v) is 4.38. The lowest BCUT2D eigenvalue weighted by molar-refractivity contribution is -0.164. The lowest BCUT2D eigenvalue weighted by Gasteiger charge is -2.49. The summed E-state index contributed by atoms with van der Waals surface area (Å²) in [5, 5.41) is 3.68. The number of hydrogen-bond acceptors (Lipinski definition) is 5. The molecule has 1 aliphatic heterocycles. The molecule has 29 heavy (non-hydrogen) atoms. The molecule has 2 aliphatic rings. The normalized spacial score (nSPS) is 24.4. The SMILES string of the molecule is O=C(COc1ccccc1)N1CCO[C@@]2(CCCC[C@@H]2NCc2cccnc2)C1. The summed E-state index contributed by atoms with van der Waals surface area (Å²) in [7, 11) is 0. The fraction of sp³-hybridized carbons (Fsp3) is 0.478. The lowest BCUT2D eigenvalue weighted by atomic mass is 9.78. The van der Waals surface area contributed by atoms with E-state index in [2.05, 4.69) is 16.4 Å². The Morgan fingerprint density at radius 3 is 2.97 bits per heavy atom. The van der Waals surface area contributed by atoms with Crippen LogP contribution < -0.4 is 10.1 Å². The smallest absolute Gasteiger partial charge is 0.260 e. The van der Waals surface area contributed by atoms with Crippen molar-refractivity contribution in [2.24, 2.45) is 0 Å². The Hall–Kier alpha value is -2.44. The van der Waals surface area contributed by atoms with Crippen LogP contribution in [0.5, 0.6) is 5.75 Å². The van der Waals surface area contributed by atoms with Gasteiger partial charge >= 0.3 is 0 Å². The molecule has 1 saturated carbocycles. The molecule has 4 rings (SSSR count). The Labute approximate surface area is 172 Å². The monoisotopic (exact) mass is 395 g/mol. The molecule has 1 spiro atoms. The minimum absolute atomic E-state index is 0.0214. The Kier molecular flexibility index (Phi) is 6.42. The number of ether oxygens (including phenoxy) is 2. The van der Waals surface area contributed by atoms with Crippen molar-refractivity contribution < 1.29 is 14.3 Å². The van der Waals surface area contributed by atoms with Crippen molar-refractivity contribution in [3.63, 3.8) is 0 Å². The third-order valence-corrected chi connectivity index (χ3v) is 5.92. The van der Waals surface area contributed by atoms with E-state index in [4.69, 9.17) is 9.47 Å². The van der Waals surface area contributed by atoms with Crippen LogP contribution in [-0.2, 0) is 16.1 Å². The van der Waals surface area contributed by atoms with Crippen LogP contribution in [0.15, 0.2) is 54.9 Å². The summed E-state index contributed by atoms with van der Waals surface area (Å²) in [6.07, 6.45) is 8.02. The third-order valence-electron chi connectivity index (χ3n) is 5.92. The Balaban J connectivity index is 1.38. The van der Waals surface area contributed by atoms with E-state index in [0.717, 1.165) is 37.1 Å². The molecular formula is C23H29N3O3. The molecule has 0 bridgehead atoms. The van der Waals surface area contributed by atoms with Gasteiger partial charge in [0, 0.05) is 31.5 Å². The molecule has 1 aliphatic carbocycles. The Morgan fingerprint density at radius 1 is 1.24 bits per heavy atom. The second-order valence-corrected chi connectivity index (χ2v) is 7.87. The molecule has 0 unspecified atom stereocenters. The molecular weight excluding hydrogens is 366 g/mol. The van der Waals surface area contributed by atoms with Crippen molar-refractivity contribution >= 4 is 5.91 Å². The van der Waals surface area contributed by atoms with Crippen LogP contribution >= 0.6 is 0 Å². The van der Waals surface area contributed by atoms with Crippen molar-refractivity contribution in [2.45, 2.75) is 43.9 Å². The summed E-state index contributed by atoms with van der Waals surface area (Å²) in [4.78, 5) is 18.9. The topological polar surface area (TPSA) is 63.7 Å². The maximum absolute atomic E-state index is 12.8. The number of rotatable bonds is 6. The van der Waals surface area contributed by atoms with Crippen molar-refractivity contribution in [1.29, 1.82) is 0 Å². The standard InChI is InChI=1S/C23H29N3O3/c27-22(17-28-20-8-2-1-3-9-20)26-13-14-29-23(18-26)11-5-4-10-21(23)25-16-19-7-6-12-24-15-19/h1-3,6-9,12,15,21,25H,4-5,10-11,13-14,16-18H2/t21-,23-/m0/s1. The van der Waals surface area contributed by atoms with E-state index in [1.807, 2.05) is 47.5 Å². The van der Waals surface area contributed by atoms with Gasteiger partial charge in [-0.15, -0.1) is 0 Å². The van der Waals surface area contributed by atoms with Gasteiger partial charge in [0.05, 0.1) is 13.2 Å². The summed E-state index contributed by atoms with van der Waals surface area (Å²) in [5.74, 6) is 0.741. The predicted molar refractivity (Wildman–Crippen MR) is 111 cm³/mol. The second kappa shape index (κ2) is 9.37. The maximum Gasteiger partial charge on any atom is 0.260 e. The molecule has 6 nitrogen and oxygen atoms in total. The van der Waals surface area contributed by atoms with Crippen molar-refractivity contribution in [2.75, 3.05) is 26.3 Å². The second-order valence-electron chi connectivity index (χ2n) is 7.87. The minimum Gasteiger partial charge on any atom is -0.484 e. The average molecular weight is 396 g/mol. The molecule has 1 aromatic heterocycles. The first-order valence-electron chi connectivity index (χ1n) is 10.5. The molecule has 0 radical (unpaired) electrons. The highest BCUT2D eigenvalue weighted by molar-refractivity contribution is 5.78. The Bertz CT molecular complexity index is 782. The van der Waals surface area contributed by atoms with Gasteiger partial charge in [-0.1, -0.05) is 37.1 Å². The summed E-state index contributed by atoms with van der Waals surface area (Å²) >= 11 is 0. The van der Waals surface area contributed by atoms with Crippen LogP contribution in [0.3, 0.4) is 0 Å². The third kappa shape index (κ3) is 4.95. The molecule has 2 heterocycles. The van der Waals surface area contributed by atoms with Crippen LogP contribution in [0.4, 0.5) is 0 Å². The number of morpholine rings is 1. The van der Waals surface area contributed by atoms with E-state index in [9.17, 15) is 4.79 Å². The van der Waals surface area contributed by atoms with E-state index < -0.39 is 0 Å². The average Bonchev–Trinajstić information content (AvgIpc) is 2.78. The van der Waals surface area contributed by atoms with E-state index in [1.165, 1.54) is 6.42 Å². The van der Waals surface area contributed by atoms with Gasteiger partial charge in [0.25, 0.3) is 5.91 Å². The molecule has 1 N–H and O–H groups in total. The molecule has 154 valence electrons. The zero-order chi connectivity index (χ0) is 19.9. The molecule has 6 heteroatoms. The van der Waals surface area contributed by atoms with Crippen molar-refractivity contribution in [3.8, 4) is 5.75 Å². The largest absolute Gasteiger partial charge is 0.484 e. The molecule has 1 aromatic carbocycles. The number of aromatic nitrogens is 1.